The zero-order valence-electron chi connectivity index (χ0n) is 5.76. The fraction of sp³-hybridized carbons (Fsp3) is 0.571. The lowest BCUT2D eigenvalue weighted by Crippen LogP contribution is -1.82. The summed E-state index contributed by atoms with van der Waals surface area (Å²) >= 11 is 4.34. The van der Waals surface area contributed by atoms with E-state index in [4.69, 9.17) is 0 Å². The first-order chi connectivity index (χ1) is 4.13. The summed E-state index contributed by atoms with van der Waals surface area (Å²) < 4.78 is 0. The predicted molar refractivity (Wildman–Crippen MR) is 41.2 cm³/mol. The zero-order chi connectivity index (χ0) is 7.28. The van der Waals surface area contributed by atoms with Gasteiger partial charge in [0.15, 0.2) is 0 Å². The fourth-order valence-electron chi connectivity index (χ4n) is 0.436. The van der Waals surface area contributed by atoms with Crippen molar-refractivity contribution in [2.24, 2.45) is 5.92 Å². The third-order valence-corrected chi connectivity index (χ3v) is 0.972. The fourth-order valence-corrected chi connectivity index (χ4v) is 0.533. The van der Waals surface area contributed by atoms with Crippen LogP contribution in [0.5, 0.6) is 0 Å². The van der Waals surface area contributed by atoms with E-state index < -0.39 is 0 Å². The summed E-state index contributed by atoms with van der Waals surface area (Å²) in [6.45, 7) is 4.12. The molecule has 0 unspecified atom stereocenters. The van der Waals surface area contributed by atoms with Gasteiger partial charge in [0.05, 0.1) is 0 Å². The molecular formula is C7H11OS. The summed E-state index contributed by atoms with van der Waals surface area (Å²) in [5.74, 6) is 0.513. The van der Waals surface area contributed by atoms with Gasteiger partial charge in [0.2, 0.25) is 5.12 Å². The van der Waals surface area contributed by atoms with Crippen LogP contribution in [0.3, 0.4) is 0 Å². The average Bonchev–Trinajstić information content (AvgIpc) is 1.63. The lowest BCUT2D eigenvalue weighted by atomic mass is 10.2. The molecule has 0 aromatic rings. The Labute approximate surface area is 61.6 Å². The quantitative estimate of drug-likeness (QED) is 0.554. The molecule has 0 aliphatic carbocycles. The second kappa shape index (κ2) is 4.50. The maximum absolute atomic E-state index is 10.2. The van der Waals surface area contributed by atoms with Crippen molar-refractivity contribution >= 4 is 17.7 Å². The van der Waals surface area contributed by atoms with Crippen LogP contribution in [0.4, 0.5) is 0 Å². The molecule has 0 spiro atoms. The van der Waals surface area contributed by atoms with E-state index >= 15 is 0 Å². The monoisotopic (exact) mass is 143 g/mol. The van der Waals surface area contributed by atoms with Gasteiger partial charge < -0.3 is 0 Å². The van der Waals surface area contributed by atoms with E-state index in [1.54, 1.807) is 0 Å². The predicted octanol–water partition coefficient (Wildman–Crippen LogP) is 2.31. The van der Waals surface area contributed by atoms with Crippen molar-refractivity contribution in [1.29, 1.82) is 0 Å². The molecule has 0 saturated heterocycles. The molecule has 0 aliphatic heterocycles. The Balaban J connectivity index is 3.36. The molecule has 0 fully saturated rings. The Morgan fingerprint density at radius 3 is 2.56 bits per heavy atom. The van der Waals surface area contributed by atoms with Crippen molar-refractivity contribution in [2.75, 3.05) is 0 Å². The smallest absolute Gasteiger partial charge is 0.222 e. The van der Waals surface area contributed by atoms with Crippen molar-refractivity contribution in [3.63, 3.8) is 0 Å². The van der Waals surface area contributed by atoms with Crippen molar-refractivity contribution in [2.45, 2.75) is 20.3 Å². The highest BCUT2D eigenvalue weighted by Gasteiger charge is 1.89. The Morgan fingerprint density at radius 2 is 2.22 bits per heavy atom. The molecule has 0 aromatic carbocycles. The molecule has 0 bridgehead atoms. The Morgan fingerprint density at radius 1 is 1.67 bits per heavy atom. The number of carbonyl (C=O) groups is 1. The highest BCUT2D eigenvalue weighted by Crippen LogP contribution is 1.96. The van der Waals surface area contributed by atoms with E-state index in [-0.39, 0.29) is 5.12 Å². The third-order valence-electron chi connectivity index (χ3n) is 0.806. The van der Waals surface area contributed by atoms with Crippen LogP contribution in [-0.4, -0.2) is 5.12 Å². The van der Waals surface area contributed by atoms with E-state index in [1.807, 2.05) is 12.2 Å². The van der Waals surface area contributed by atoms with Crippen LogP contribution >= 0.6 is 12.6 Å². The van der Waals surface area contributed by atoms with Crippen molar-refractivity contribution in [3.8, 4) is 0 Å². The van der Waals surface area contributed by atoms with Gasteiger partial charge in [-0.15, -0.1) is 0 Å². The molecule has 1 radical (unpaired) electrons. The van der Waals surface area contributed by atoms with E-state index in [9.17, 15) is 4.79 Å². The summed E-state index contributed by atoms with van der Waals surface area (Å²) in [4.78, 5) is 10.2. The summed E-state index contributed by atoms with van der Waals surface area (Å²) in [6.07, 6.45) is 4.19. The van der Waals surface area contributed by atoms with Gasteiger partial charge in [-0.25, -0.2) is 0 Å². The molecule has 0 atom stereocenters. The minimum Gasteiger partial charge on any atom is -0.282 e. The summed E-state index contributed by atoms with van der Waals surface area (Å²) in [6, 6.07) is 0. The standard InChI is InChI=1S/C7H11OS/c1-6(2)4-3-5-7(8)9/h3-4,6H,5H2,1-2H3. The highest BCUT2D eigenvalue weighted by molar-refractivity contribution is 7.96. The molecule has 0 rings (SSSR count). The van der Waals surface area contributed by atoms with Crippen LogP contribution in [0.25, 0.3) is 0 Å². The van der Waals surface area contributed by atoms with Crippen LogP contribution in [0.2, 0.25) is 0 Å². The van der Waals surface area contributed by atoms with E-state index in [2.05, 4.69) is 26.5 Å². The highest BCUT2D eigenvalue weighted by atomic mass is 32.1. The maximum atomic E-state index is 10.2. The Hall–Kier alpha value is -0.370. The van der Waals surface area contributed by atoms with Crippen LogP contribution < -0.4 is 0 Å². The SMILES string of the molecule is CC(C)C=CCC(=O)[S]. The van der Waals surface area contributed by atoms with Gasteiger partial charge in [0, 0.05) is 6.42 Å². The summed E-state index contributed by atoms with van der Waals surface area (Å²) in [7, 11) is 0. The van der Waals surface area contributed by atoms with E-state index in [0.29, 0.717) is 12.3 Å². The molecule has 0 aromatic heterocycles. The van der Waals surface area contributed by atoms with Crippen molar-refractivity contribution in [3.05, 3.63) is 12.2 Å². The molecule has 1 nitrogen and oxygen atoms in total. The van der Waals surface area contributed by atoms with Crippen LogP contribution in [0, 0.1) is 5.92 Å². The van der Waals surface area contributed by atoms with Crippen LogP contribution in [-0.2, 0) is 4.79 Å². The van der Waals surface area contributed by atoms with Gasteiger partial charge in [-0.05, 0) is 18.5 Å². The lowest BCUT2D eigenvalue weighted by molar-refractivity contribution is -0.110. The molecule has 9 heavy (non-hydrogen) atoms. The molecule has 2 heteroatoms. The Kier molecular flexibility index (Phi) is 4.32. The molecular weight excluding hydrogens is 132 g/mol. The van der Waals surface area contributed by atoms with Crippen molar-refractivity contribution in [1.82, 2.24) is 0 Å². The van der Waals surface area contributed by atoms with Gasteiger partial charge in [0.25, 0.3) is 0 Å². The summed E-state index contributed by atoms with van der Waals surface area (Å²) in [5, 5.41) is -0.188. The number of allylic oxidation sites excluding steroid dienone is 2. The molecule has 51 valence electrons. The second-order valence-electron chi connectivity index (χ2n) is 2.25. The topological polar surface area (TPSA) is 17.1 Å². The van der Waals surface area contributed by atoms with Gasteiger partial charge in [-0.3, -0.25) is 4.79 Å². The van der Waals surface area contributed by atoms with Gasteiger partial charge in [-0.2, -0.15) is 0 Å². The summed E-state index contributed by atoms with van der Waals surface area (Å²) in [5.41, 5.74) is 0. The molecule has 0 N–H and O–H groups in total. The molecule has 0 saturated carbocycles. The van der Waals surface area contributed by atoms with E-state index in [1.165, 1.54) is 0 Å². The van der Waals surface area contributed by atoms with Gasteiger partial charge >= 0.3 is 0 Å². The third kappa shape index (κ3) is 7.63. The second-order valence-corrected chi connectivity index (χ2v) is 2.70. The van der Waals surface area contributed by atoms with Gasteiger partial charge in [-0.1, -0.05) is 26.0 Å². The minimum absolute atomic E-state index is 0.188. The largest absolute Gasteiger partial charge is 0.282 e. The van der Waals surface area contributed by atoms with Gasteiger partial charge in [0.1, 0.15) is 0 Å². The number of rotatable bonds is 3. The minimum atomic E-state index is -0.188. The first kappa shape index (κ1) is 8.63. The average molecular weight is 143 g/mol. The maximum Gasteiger partial charge on any atom is 0.222 e. The van der Waals surface area contributed by atoms with Crippen LogP contribution in [0.1, 0.15) is 20.3 Å². The van der Waals surface area contributed by atoms with Crippen LogP contribution in [0.15, 0.2) is 12.2 Å². The number of hydrogen-bond acceptors (Lipinski definition) is 1. The zero-order valence-corrected chi connectivity index (χ0v) is 6.57. The lowest BCUT2D eigenvalue weighted by Gasteiger charge is -1.90. The molecule has 0 amide bonds. The number of carbonyl (C=O) groups excluding carboxylic acids is 1. The first-order valence-electron chi connectivity index (χ1n) is 2.99. The normalized spacial score (nSPS) is 11.0. The number of hydrogen-bond donors (Lipinski definition) is 0. The van der Waals surface area contributed by atoms with E-state index in [0.717, 1.165) is 0 Å². The molecule has 0 heterocycles. The Bertz CT molecular complexity index is 116. The van der Waals surface area contributed by atoms with Crippen molar-refractivity contribution < 1.29 is 4.79 Å². The first-order valence-corrected chi connectivity index (χ1v) is 3.40. The molecule has 0 aliphatic rings.